The third kappa shape index (κ3) is 3.50. The summed E-state index contributed by atoms with van der Waals surface area (Å²) >= 11 is 0. The van der Waals surface area contributed by atoms with Crippen molar-refractivity contribution in [1.82, 2.24) is 19.7 Å². The van der Waals surface area contributed by atoms with Gasteiger partial charge in [0, 0.05) is 25.4 Å². The summed E-state index contributed by atoms with van der Waals surface area (Å²) in [6, 6.07) is 0.946. The average Bonchev–Trinajstić information content (AvgIpc) is 2.74. The fourth-order valence-corrected chi connectivity index (χ4v) is 1.90. The second-order valence-electron chi connectivity index (χ2n) is 4.69. The van der Waals surface area contributed by atoms with Crippen LogP contribution in [-0.4, -0.2) is 26.3 Å². The van der Waals surface area contributed by atoms with Gasteiger partial charge in [-0.05, 0) is 19.4 Å². The number of nitrogens with zero attached hydrogens (tertiary/aromatic N) is 4. The maximum absolute atomic E-state index is 13.0. The van der Waals surface area contributed by atoms with Gasteiger partial charge in [0.15, 0.2) is 5.69 Å². The molecule has 2 aromatic rings. The summed E-state index contributed by atoms with van der Waals surface area (Å²) < 4.78 is 40.4. The third-order valence-electron chi connectivity index (χ3n) is 2.84. The van der Waals surface area contributed by atoms with E-state index in [2.05, 4.69) is 20.4 Å². The standard InChI is InChI=1S/C13H16F3N5/c1-4-5-17-12-18-10(6-11(19-12)13(14,15)16)9-7-21(3)20-8(9)2/h6-7H,4-5H2,1-3H3,(H,17,18,19). The van der Waals surface area contributed by atoms with E-state index in [1.807, 2.05) is 6.92 Å². The van der Waals surface area contributed by atoms with E-state index in [0.717, 1.165) is 12.5 Å². The zero-order valence-corrected chi connectivity index (χ0v) is 12.0. The van der Waals surface area contributed by atoms with Crippen molar-refractivity contribution in [3.05, 3.63) is 23.7 Å². The smallest absolute Gasteiger partial charge is 0.354 e. The molecular formula is C13H16F3N5. The number of aryl methyl sites for hydroxylation is 2. The molecule has 2 heterocycles. The lowest BCUT2D eigenvalue weighted by Crippen LogP contribution is -2.13. The fraction of sp³-hybridized carbons (Fsp3) is 0.462. The minimum absolute atomic E-state index is 0.0232. The number of alkyl halides is 3. The summed E-state index contributed by atoms with van der Waals surface area (Å²) in [5.74, 6) is -0.0232. The van der Waals surface area contributed by atoms with Crippen LogP contribution >= 0.6 is 0 Å². The monoisotopic (exact) mass is 299 g/mol. The number of halogens is 3. The molecule has 0 unspecified atom stereocenters. The van der Waals surface area contributed by atoms with E-state index in [4.69, 9.17) is 0 Å². The maximum Gasteiger partial charge on any atom is 0.433 e. The Labute approximate surface area is 120 Å². The lowest BCUT2D eigenvalue weighted by molar-refractivity contribution is -0.141. The highest BCUT2D eigenvalue weighted by molar-refractivity contribution is 5.62. The van der Waals surface area contributed by atoms with Crippen molar-refractivity contribution >= 4 is 5.95 Å². The van der Waals surface area contributed by atoms with Crippen LogP contribution in [0.25, 0.3) is 11.3 Å². The molecule has 0 aromatic carbocycles. The van der Waals surface area contributed by atoms with Gasteiger partial charge >= 0.3 is 6.18 Å². The Kier molecular flexibility index (Phi) is 4.15. The second-order valence-corrected chi connectivity index (χ2v) is 4.69. The van der Waals surface area contributed by atoms with Crippen LogP contribution in [0, 0.1) is 6.92 Å². The van der Waals surface area contributed by atoms with Crippen LogP contribution in [0.15, 0.2) is 12.3 Å². The molecule has 0 amide bonds. The first-order valence-corrected chi connectivity index (χ1v) is 6.52. The summed E-state index contributed by atoms with van der Waals surface area (Å²) in [6.07, 6.45) is -2.11. The predicted molar refractivity (Wildman–Crippen MR) is 72.8 cm³/mol. The molecule has 2 rings (SSSR count). The van der Waals surface area contributed by atoms with Crippen molar-refractivity contribution in [2.24, 2.45) is 7.05 Å². The molecule has 114 valence electrons. The van der Waals surface area contributed by atoms with Crippen LogP contribution in [0.2, 0.25) is 0 Å². The number of rotatable bonds is 4. The van der Waals surface area contributed by atoms with E-state index < -0.39 is 11.9 Å². The third-order valence-corrected chi connectivity index (χ3v) is 2.84. The molecule has 2 aromatic heterocycles. The minimum Gasteiger partial charge on any atom is -0.354 e. The zero-order valence-electron chi connectivity index (χ0n) is 12.0. The van der Waals surface area contributed by atoms with Crippen LogP contribution in [0.3, 0.4) is 0 Å². The summed E-state index contributed by atoms with van der Waals surface area (Å²) in [5.41, 5.74) is 0.423. The number of hydrogen-bond acceptors (Lipinski definition) is 4. The molecule has 1 N–H and O–H groups in total. The van der Waals surface area contributed by atoms with E-state index in [9.17, 15) is 13.2 Å². The van der Waals surface area contributed by atoms with Gasteiger partial charge in [-0.2, -0.15) is 18.3 Å². The Morgan fingerprint density at radius 2 is 2.00 bits per heavy atom. The van der Waals surface area contributed by atoms with Gasteiger partial charge in [0.2, 0.25) is 5.95 Å². The first-order valence-electron chi connectivity index (χ1n) is 6.52. The SMILES string of the molecule is CCCNc1nc(-c2cn(C)nc2C)cc(C(F)(F)F)n1. The summed E-state index contributed by atoms with van der Waals surface area (Å²) in [4.78, 5) is 7.68. The van der Waals surface area contributed by atoms with Crippen LogP contribution < -0.4 is 5.32 Å². The Hall–Kier alpha value is -2.12. The lowest BCUT2D eigenvalue weighted by atomic mass is 10.1. The van der Waals surface area contributed by atoms with Gasteiger partial charge in [-0.1, -0.05) is 6.92 Å². The molecule has 0 saturated heterocycles. The average molecular weight is 299 g/mol. The molecule has 0 aliphatic carbocycles. The van der Waals surface area contributed by atoms with Crippen molar-refractivity contribution in [3.63, 3.8) is 0 Å². The van der Waals surface area contributed by atoms with E-state index >= 15 is 0 Å². The molecule has 5 nitrogen and oxygen atoms in total. The largest absolute Gasteiger partial charge is 0.433 e. The van der Waals surface area contributed by atoms with Gasteiger partial charge < -0.3 is 5.32 Å². The van der Waals surface area contributed by atoms with Gasteiger partial charge in [0.05, 0.1) is 11.4 Å². The van der Waals surface area contributed by atoms with E-state index in [1.54, 1.807) is 24.9 Å². The molecule has 21 heavy (non-hydrogen) atoms. The highest BCUT2D eigenvalue weighted by Gasteiger charge is 2.34. The highest BCUT2D eigenvalue weighted by atomic mass is 19.4. The normalized spacial score (nSPS) is 11.7. The summed E-state index contributed by atoms with van der Waals surface area (Å²) in [7, 11) is 1.71. The van der Waals surface area contributed by atoms with Gasteiger partial charge in [-0.25, -0.2) is 9.97 Å². The number of anilines is 1. The quantitative estimate of drug-likeness (QED) is 0.943. The van der Waals surface area contributed by atoms with Crippen molar-refractivity contribution in [1.29, 1.82) is 0 Å². The molecule has 0 aliphatic heterocycles. The van der Waals surface area contributed by atoms with Crippen LogP contribution in [0.5, 0.6) is 0 Å². The molecule has 0 fully saturated rings. The number of nitrogens with one attached hydrogen (secondary N) is 1. The molecule has 8 heteroatoms. The van der Waals surface area contributed by atoms with Gasteiger partial charge in [0.25, 0.3) is 0 Å². The number of aromatic nitrogens is 4. The first-order chi connectivity index (χ1) is 9.81. The summed E-state index contributed by atoms with van der Waals surface area (Å²) in [5, 5.41) is 6.92. The number of hydrogen-bond donors (Lipinski definition) is 1. The topological polar surface area (TPSA) is 55.6 Å². The molecule has 0 bridgehead atoms. The van der Waals surface area contributed by atoms with E-state index in [-0.39, 0.29) is 11.6 Å². The highest BCUT2D eigenvalue weighted by Crippen LogP contribution is 2.31. The van der Waals surface area contributed by atoms with Crippen molar-refractivity contribution in [2.75, 3.05) is 11.9 Å². The molecule has 0 aliphatic rings. The Morgan fingerprint density at radius 3 is 2.52 bits per heavy atom. The summed E-state index contributed by atoms with van der Waals surface area (Å²) in [6.45, 7) is 4.14. The van der Waals surface area contributed by atoms with E-state index in [0.29, 0.717) is 17.8 Å². The Bertz CT molecular complexity index is 633. The van der Waals surface area contributed by atoms with Crippen molar-refractivity contribution in [3.8, 4) is 11.3 Å². The lowest BCUT2D eigenvalue weighted by Gasteiger charge is -2.11. The predicted octanol–water partition coefficient (Wildman–Crippen LogP) is 3.03. The van der Waals surface area contributed by atoms with Crippen LogP contribution in [-0.2, 0) is 13.2 Å². The Morgan fingerprint density at radius 1 is 1.29 bits per heavy atom. The van der Waals surface area contributed by atoms with Gasteiger partial charge in [-0.3, -0.25) is 4.68 Å². The molecule has 0 spiro atoms. The fourth-order valence-electron chi connectivity index (χ4n) is 1.90. The van der Waals surface area contributed by atoms with Crippen LogP contribution in [0.1, 0.15) is 24.7 Å². The van der Waals surface area contributed by atoms with Gasteiger partial charge in [0.1, 0.15) is 0 Å². The van der Waals surface area contributed by atoms with Crippen molar-refractivity contribution in [2.45, 2.75) is 26.4 Å². The molecule has 0 saturated carbocycles. The Balaban J connectivity index is 2.51. The van der Waals surface area contributed by atoms with Gasteiger partial charge in [-0.15, -0.1) is 0 Å². The van der Waals surface area contributed by atoms with E-state index in [1.165, 1.54) is 0 Å². The molecule has 0 atom stereocenters. The molecule has 0 radical (unpaired) electrons. The maximum atomic E-state index is 13.0. The first kappa shape index (κ1) is 15.3. The van der Waals surface area contributed by atoms with Crippen molar-refractivity contribution < 1.29 is 13.2 Å². The molecular weight excluding hydrogens is 283 g/mol. The minimum atomic E-state index is -4.52. The second kappa shape index (κ2) is 5.71. The zero-order chi connectivity index (χ0) is 15.6. The van der Waals surface area contributed by atoms with Crippen LogP contribution in [0.4, 0.5) is 19.1 Å².